The topological polar surface area (TPSA) is 46.9 Å². The van der Waals surface area contributed by atoms with Crippen LogP contribution in [0.25, 0.3) is 0 Å². The fraction of sp³-hybridized carbons (Fsp3) is 0.444. The highest BCUT2D eigenvalue weighted by Gasteiger charge is 2.16. The molecule has 1 aromatic heterocycles. The molecule has 2 aromatic rings. The van der Waals surface area contributed by atoms with Crippen LogP contribution in [-0.4, -0.2) is 21.7 Å². The number of aryl methyl sites for hydroxylation is 4. The summed E-state index contributed by atoms with van der Waals surface area (Å²) < 4.78 is 1.74. The third-order valence-electron chi connectivity index (χ3n) is 3.84. The number of carbonyl (C=O) groups is 1. The number of hydrogen-bond donors (Lipinski definition) is 1. The summed E-state index contributed by atoms with van der Waals surface area (Å²) in [6.07, 6.45) is 0.830. The van der Waals surface area contributed by atoms with Gasteiger partial charge in [-0.2, -0.15) is 5.10 Å². The number of nitrogens with one attached hydrogen (secondary N) is 1. The van der Waals surface area contributed by atoms with Crippen LogP contribution in [0.4, 0.5) is 0 Å². The van der Waals surface area contributed by atoms with E-state index in [0.717, 1.165) is 12.1 Å². The highest BCUT2D eigenvalue weighted by Crippen LogP contribution is 2.13. The summed E-state index contributed by atoms with van der Waals surface area (Å²) >= 11 is 0. The molecular formula is C18H25N3O. The Hall–Kier alpha value is -2.10. The van der Waals surface area contributed by atoms with Crippen molar-refractivity contribution < 1.29 is 4.79 Å². The summed E-state index contributed by atoms with van der Waals surface area (Å²) in [7, 11) is 0. The number of amides is 1. The molecule has 0 aliphatic carbocycles. The quantitative estimate of drug-likeness (QED) is 0.921. The van der Waals surface area contributed by atoms with Gasteiger partial charge in [0, 0.05) is 12.6 Å². The lowest BCUT2D eigenvalue weighted by molar-refractivity contribution is 0.0929. The van der Waals surface area contributed by atoms with E-state index in [9.17, 15) is 4.79 Å². The first kappa shape index (κ1) is 16.3. The van der Waals surface area contributed by atoms with E-state index in [0.29, 0.717) is 12.2 Å². The normalized spacial score (nSPS) is 12.2. The number of nitrogens with zero attached hydrogens (tertiary/aromatic N) is 2. The lowest BCUT2D eigenvalue weighted by Crippen LogP contribution is -2.35. The van der Waals surface area contributed by atoms with Gasteiger partial charge in [-0.15, -0.1) is 0 Å². The van der Waals surface area contributed by atoms with Gasteiger partial charge in [-0.1, -0.05) is 23.8 Å². The van der Waals surface area contributed by atoms with Crippen LogP contribution in [0.2, 0.25) is 0 Å². The second kappa shape index (κ2) is 6.77. The highest BCUT2D eigenvalue weighted by molar-refractivity contribution is 5.92. The molecule has 4 nitrogen and oxygen atoms in total. The van der Waals surface area contributed by atoms with Crippen molar-refractivity contribution in [2.24, 2.45) is 0 Å². The molecule has 118 valence electrons. The zero-order valence-corrected chi connectivity index (χ0v) is 14.1. The minimum Gasteiger partial charge on any atom is -0.348 e. The van der Waals surface area contributed by atoms with Crippen molar-refractivity contribution in [2.75, 3.05) is 0 Å². The van der Waals surface area contributed by atoms with Gasteiger partial charge < -0.3 is 5.32 Å². The Balaban J connectivity index is 2.05. The predicted molar refractivity (Wildman–Crippen MR) is 89.2 cm³/mol. The Morgan fingerprint density at radius 3 is 2.64 bits per heavy atom. The van der Waals surface area contributed by atoms with Crippen LogP contribution in [0, 0.1) is 20.8 Å². The Morgan fingerprint density at radius 1 is 1.27 bits per heavy atom. The largest absolute Gasteiger partial charge is 0.348 e. The maximum absolute atomic E-state index is 12.4. The van der Waals surface area contributed by atoms with Crippen molar-refractivity contribution in [3.8, 4) is 0 Å². The monoisotopic (exact) mass is 299 g/mol. The van der Waals surface area contributed by atoms with E-state index in [-0.39, 0.29) is 11.9 Å². The van der Waals surface area contributed by atoms with Crippen molar-refractivity contribution in [1.29, 1.82) is 0 Å². The van der Waals surface area contributed by atoms with Gasteiger partial charge in [0.15, 0.2) is 0 Å². The Morgan fingerprint density at radius 2 is 2.00 bits per heavy atom. The van der Waals surface area contributed by atoms with Crippen LogP contribution in [0.15, 0.2) is 24.3 Å². The first-order valence-electron chi connectivity index (χ1n) is 7.82. The third-order valence-corrected chi connectivity index (χ3v) is 3.84. The summed E-state index contributed by atoms with van der Waals surface area (Å²) in [5.74, 6) is -0.0558. The van der Waals surface area contributed by atoms with Crippen LogP contribution in [0.5, 0.6) is 0 Å². The number of aromatic nitrogens is 2. The summed E-state index contributed by atoms with van der Waals surface area (Å²) in [5.41, 5.74) is 5.32. The first-order chi connectivity index (χ1) is 10.4. The molecule has 1 amide bonds. The fourth-order valence-electron chi connectivity index (χ4n) is 2.72. The molecule has 0 spiro atoms. The molecular weight excluding hydrogens is 274 g/mol. The van der Waals surface area contributed by atoms with Crippen LogP contribution in [0.3, 0.4) is 0 Å². The smallest absolute Gasteiger partial charge is 0.269 e. The van der Waals surface area contributed by atoms with Crippen LogP contribution < -0.4 is 5.32 Å². The van der Waals surface area contributed by atoms with Gasteiger partial charge in [0.05, 0.1) is 5.69 Å². The van der Waals surface area contributed by atoms with Crippen LogP contribution >= 0.6 is 0 Å². The zero-order valence-electron chi connectivity index (χ0n) is 14.1. The van der Waals surface area contributed by atoms with E-state index in [1.807, 2.05) is 26.8 Å². The summed E-state index contributed by atoms with van der Waals surface area (Å²) in [4.78, 5) is 12.4. The van der Waals surface area contributed by atoms with E-state index in [1.54, 1.807) is 4.68 Å². The molecule has 0 saturated carbocycles. The highest BCUT2D eigenvalue weighted by atomic mass is 16.2. The van der Waals surface area contributed by atoms with Crippen LogP contribution in [0.1, 0.15) is 46.7 Å². The van der Waals surface area contributed by atoms with Gasteiger partial charge in [0.1, 0.15) is 5.69 Å². The minimum absolute atomic E-state index is 0.0558. The molecule has 0 bridgehead atoms. The van der Waals surface area contributed by atoms with E-state index >= 15 is 0 Å². The van der Waals surface area contributed by atoms with Crippen molar-refractivity contribution in [3.63, 3.8) is 0 Å². The van der Waals surface area contributed by atoms with Gasteiger partial charge in [0.2, 0.25) is 0 Å². The van der Waals surface area contributed by atoms with Crippen LogP contribution in [-0.2, 0) is 13.0 Å². The Labute approximate surface area is 132 Å². The molecule has 1 N–H and O–H groups in total. The summed E-state index contributed by atoms with van der Waals surface area (Å²) in [6, 6.07) is 8.36. The van der Waals surface area contributed by atoms with Gasteiger partial charge >= 0.3 is 0 Å². The van der Waals surface area contributed by atoms with Gasteiger partial charge in [-0.3, -0.25) is 9.48 Å². The molecule has 22 heavy (non-hydrogen) atoms. The molecule has 0 fully saturated rings. The van der Waals surface area contributed by atoms with Crippen molar-refractivity contribution in [2.45, 2.75) is 53.6 Å². The molecule has 1 unspecified atom stereocenters. The van der Waals surface area contributed by atoms with Crippen molar-refractivity contribution in [1.82, 2.24) is 15.1 Å². The molecule has 0 aliphatic heterocycles. The Kier molecular flexibility index (Phi) is 5.01. The predicted octanol–water partition coefficient (Wildman–Crippen LogP) is 3.19. The standard InChI is InChI=1S/C18H25N3O/c1-6-21-17(11-15(5)20-21)18(22)19-14(4)10-16-8-7-12(2)9-13(16)3/h7-9,11,14H,6,10H2,1-5H3,(H,19,22). The molecule has 2 rings (SSSR count). The van der Waals surface area contributed by atoms with E-state index in [1.165, 1.54) is 16.7 Å². The van der Waals surface area contributed by atoms with Gasteiger partial charge in [-0.05, 0) is 58.2 Å². The average Bonchev–Trinajstić information content (AvgIpc) is 2.83. The van der Waals surface area contributed by atoms with E-state index in [2.05, 4.69) is 42.5 Å². The molecule has 1 aromatic carbocycles. The SMILES string of the molecule is CCn1nc(C)cc1C(=O)NC(C)Cc1ccc(C)cc1C. The molecule has 0 saturated heterocycles. The molecule has 1 atom stereocenters. The minimum atomic E-state index is -0.0558. The van der Waals surface area contributed by atoms with Crippen molar-refractivity contribution >= 4 is 5.91 Å². The van der Waals surface area contributed by atoms with E-state index < -0.39 is 0 Å². The summed E-state index contributed by atoms with van der Waals surface area (Å²) in [5, 5.41) is 7.40. The van der Waals surface area contributed by atoms with Gasteiger partial charge in [0.25, 0.3) is 5.91 Å². The second-order valence-electron chi connectivity index (χ2n) is 6.00. The zero-order chi connectivity index (χ0) is 16.3. The number of benzene rings is 1. The molecule has 1 heterocycles. The third kappa shape index (κ3) is 3.75. The second-order valence-corrected chi connectivity index (χ2v) is 6.00. The van der Waals surface area contributed by atoms with E-state index in [4.69, 9.17) is 0 Å². The molecule has 0 aliphatic rings. The number of rotatable bonds is 5. The van der Waals surface area contributed by atoms with Gasteiger partial charge in [-0.25, -0.2) is 0 Å². The Bertz CT molecular complexity index is 673. The maximum atomic E-state index is 12.4. The number of hydrogen-bond acceptors (Lipinski definition) is 2. The summed E-state index contributed by atoms with van der Waals surface area (Å²) in [6.45, 7) is 10.8. The fourth-order valence-corrected chi connectivity index (χ4v) is 2.72. The average molecular weight is 299 g/mol. The molecule has 4 heteroatoms. The molecule has 0 radical (unpaired) electrons. The maximum Gasteiger partial charge on any atom is 0.269 e. The lowest BCUT2D eigenvalue weighted by Gasteiger charge is -2.16. The lowest BCUT2D eigenvalue weighted by atomic mass is 10.00. The van der Waals surface area contributed by atoms with Crippen molar-refractivity contribution in [3.05, 3.63) is 52.3 Å². The first-order valence-corrected chi connectivity index (χ1v) is 7.82. The number of carbonyl (C=O) groups excluding carboxylic acids is 1.